The van der Waals surface area contributed by atoms with Crippen molar-refractivity contribution in [3.8, 4) is 0 Å². The van der Waals surface area contributed by atoms with Crippen molar-refractivity contribution >= 4 is 33.2 Å². The summed E-state index contributed by atoms with van der Waals surface area (Å²) in [6.07, 6.45) is 2.91. The number of nitrogens with one attached hydrogen (secondary N) is 1. The van der Waals surface area contributed by atoms with Gasteiger partial charge in [-0.3, -0.25) is 13.8 Å². The highest BCUT2D eigenvalue weighted by Crippen LogP contribution is 2.24. The SMILES string of the molecule is Cc1ccn(CNC(=O)c2ccc(N(Cc3ccccc3Cl)S(C)(=O)=O)cc2)n1. The molecular weight excluding hydrogens is 412 g/mol. The summed E-state index contributed by atoms with van der Waals surface area (Å²) in [5, 5.41) is 7.46. The number of hydrogen-bond acceptors (Lipinski definition) is 4. The van der Waals surface area contributed by atoms with E-state index in [9.17, 15) is 13.2 Å². The molecule has 0 aliphatic carbocycles. The summed E-state index contributed by atoms with van der Waals surface area (Å²) in [5.74, 6) is -0.276. The largest absolute Gasteiger partial charge is 0.333 e. The summed E-state index contributed by atoms with van der Waals surface area (Å²) in [5.41, 5.74) is 2.43. The van der Waals surface area contributed by atoms with E-state index in [-0.39, 0.29) is 19.1 Å². The van der Waals surface area contributed by atoms with Gasteiger partial charge < -0.3 is 5.32 Å². The Balaban J connectivity index is 1.75. The molecule has 0 aliphatic heterocycles. The van der Waals surface area contributed by atoms with Crippen molar-refractivity contribution in [3.05, 3.63) is 82.6 Å². The predicted octanol–water partition coefficient (Wildman–Crippen LogP) is 3.20. The molecule has 0 atom stereocenters. The van der Waals surface area contributed by atoms with E-state index in [1.165, 1.54) is 4.31 Å². The fourth-order valence-electron chi connectivity index (χ4n) is 2.77. The number of aryl methyl sites for hydroxylation is 1. The van der Waals surface area contributed by atoms with Crippen LogP contribution in [0.2, 0.25) is 5.02 Å². The maximum atomic E-state index is 12.3. The van der Waals surface area contributed by atoms with E-state index in [1.54, 1.807) is 59.4 Å². The van der Waals surface area contributed by atoms with Crippen LogP contribution >= 0.6 is 11.6 Å². The van der Waals surface area contributed by atoms with Crippen molar-refractivity contribution in [2.45, 2.75) is 20.1 Å². The molecule has 152 valence electrons. The van der Waals surface area contributed by atoms with Crippen LogP contribution in [0.25, 0.3) is 0 Å². The molecule has 1 amide bonds. The van der Waals surface area contributed by atoms with Gasteiger partial charge in [0.25, 0.3) is 5.91 Å². The van der Waals surface area contributed by atoms with Gasteiger partial charge in [-0.25, -0.2) is 8.42 Å². The molecule has 1 N–H and O–H groups in total. The lowest BCUT2D eigenvalue weighted by molar-refractivity contribution is 0.0940. The number of anilines is 1. The molecule has 9 heteroatoms. The quantitative estimate of drug-likeness (QED) is 0.621. The van der Waals surface area contributed by atoms with Crippen LogP contribution in [0.15, 0.2) is 60.8 Å². The minimum Gasteiger partial charge on any atom is -0.333 e. The third-order valence-corrected chi connectivity index (χ3v) is 5.77. The van der Waals surface area contributed by atoms with E-state index in [0.717, 1.165) is 11.9 Å². The lowest BCUT2D eigenvalue weighted by Crippen LogP contribution is -2.30. The maximum Gasteiger partial charge on any atom is 0.252 e. The first kappa shape index (κ1) is 20.9. The van der Waals surface area contributed by atoms with Gasteiger partial charge in [-0.05, 0) is 48.9 Å². The lowest BCUT2D eigenvalue weighted by atomic mass is 10.2. The average molecular weight is 433 g/mol. The van der Waals surface area contributed by atoms with Crippen LogP contribution in [0.4, 0.5) is 5.69 Å². The molecule has 1 heterocycles. The van der Waals surface area contributed by atoms with Crippen LogP contribution in [0, 0.1) is 6.92 Å². The van der Waals surface area contributed by atoms with Crippen molar-refractivity contribution in [1.29, 1.82) is 0 Å². The number of carbonyl (C=O) groups excluding carboxylic acids is 1. The molecule has 3 rings (SSSR count). The van der Waals surface area contributed by atoms with Gasteiger partial charge in [-0.15, -0.1) is 0 Å². The topological polar surface area (TPSA) is 84.3 Å². The molecule has 29 heavy (non-hydrogen) atoms. The first-order valence-corrected chi connectivity index (χ1v) is 11.1. The van der Waals surface area contributed by atoms with E-state index in [1.807, 2.05) is 13.0 Å². The van der Waals surface area contributed by atoms with Crippen LogP contribution in [0.1, 0.15) is 21.6 Å². The number of halogens is 1. The summed E-state index contributed by atoms with van der Waals surface area (Å²) in [4.78, 5) is 12.3. The van der Waals surface area contributed by atoms with Crippen LogP contribution in [-0.2, 0) is 23.2 Å². The Morgan fingerprint density at radius 2 is 1.83 bits per heavy atom. The van der Waals surface area contributed by atoms with Gasteiger partial charge in [0.15, 0.2) is 0 Å². The molecule has 7 nitrogen and oxygen atoms in total. The summed E-state index contributed by atoms with van der Waals surface area (Å²) in [6, 6.07) is 15.3. The molecule has 0 fully saturated rings. The first-order valence-electron chi connectivity index (χ1n) is 8.83. The molecule has 0 radical (unpaired) electrons. The number of sulfonamides is 1. The number of hydrogen-bond donors (Lipinski definition) is 1. The molecule has 0 bridgehead atoms. The van der Waals surface area contributed by atoms with Gasteiger partial charge in [-0.1, -0.05) is 29.8 Å². The van der Waals surface area contributed by atoms with Crippen molar-refractivity contribution in [3.63, 3.8) is 0 Å². The van der Waals surface area contributed by atoms with Crippen molar-refractivity contribution in [2.24, 2.45) is 0 Å². The summed E-state index contributed by atoms with van der Waals surface area (Å²) >= 11 is 6.18. The van der Waals surface area contributed by atoms with E-state index in [4.69, 9.17) is 11.6 Å². The Bertz CT molecular complexity index is 1110. The molecule has 0 unspecified atom stereocenters. The number of rotatable bonds is 7. The highest BCUT2D eigenvalue weighted by molar-refractivity contribution is 7.92. The fraction of sp³-hybridized carbons (Fsp3) is 0.200. The molecule has 3 aromatic rings. The first-order chi connectivity index (χ1) is 13.7. The van der Waals surface area contributed by atoms with Gasteiger partial charge in [0.05, 0.1) is 24.2 Å². The number of nitrogens with zero attached hydrogens (tertiary/aromatic N) is 3. The van der Waals surface area contributed by atoms with Crippen LogP contribution in [0.5, 0.6) is 0 Å². The van der Waals surface area contributed by atoms with Crippen LogP contribution in [0.3, 0.4) is 0 Å². The Morgan fingerprint density at radius 1 is 1.14 bits per heavy atom. The smallest absolute Gasteiger partial charge is 0.252 e. The third kappa shape index (κ3) is 5.36. The standard InChI is InChI=1S/C20H21ClN4O3S/c1-15-11-12-24(23-15)14-22-20(26)16-7-9-18(10-8-16)25(29(2,27)28)13-17-5-3-4-6-19(17)21/h3-12H,13-14H2,1-2H3,(H,22,26). The highest BCUT2D eigenvalue weighted by atomic mass is 35.5. The monoisotopic (exact) mass is 432 g/mol. The van der Waals surface area contributed by atoms with E-state index in [0.29, 0.717) is 21.8 Å². The Labute approximate surface area is 175 Å². The molecular formula is C20H21ClN4O3S. The minimum atomic E-state index is -3.55. The maximum absolute atomic E-state index is 12.3. The second kappa shape index (κ2) is 8.67. The van der Waals surface area contributed by atoms with Gasteiger partial charge in [0.1, 0.15) is 6.67 Å². The van der Waals surface area contributed by atoms with Crippen molar-refractivity contribution in [1.82, 2.24) is 15.1 Å². The van der Waals surface area contributed by atoms with Gasteiger partial charge >= 0.3 is 0 Å². The third-order valence-electron chi connectivity index (χ3n) is 4.27. The molecule has 0 saturated carbocycles. The molecule has 1 aromatic heterocycles. The summed E-state index contributed by atoms with van der Waals surface area (Å²) in [6.45, 7) is 2.21. The Hall–Kier alpha value is -2.84. The highest BCUT2D eigenvalue weighted by Gasteiger charge is 2.19. The van der Waals surface area contributed by atoms with Crippen molar-refractivity contribution < 1.29 is 13.2 Å². The minimum absolute atomic E-state index is 0.0999. The number of benzene rings is 2. The van der Waals surface area contributed by atoms with E-state index in [2.05, 4.69) is 10.4 Å². The average Bonchev–Trinajstić information content (AvgIpc) is 3.10. The Morgan fingerprint density at radius 3 is 2.41 bits per heavy atom. The van der Waals surface area contributed by atoms with Crippen LogP contribution in [-0.4, -0.2) is 30.4 Å². The summed E-state index contributed by atoms with van der Waals surface area (Å²) in [7, 11) is -3.55. The number of carbonyl (C=O) groups is 1. The predicted molar refractivity (Wildman–Crippen MR) is 113 cm³/mol. The van der Waals surface area contributed by atoms with Crippen LogP contribution < -0.4 is 9.62 Å². The second-order valence-electron chi connectivity index (χ2n) is 6.57. The van der Waals surface area contributed by atoms with E-state index >= 15 is 0 Å². The normalized spacial score (nSPS) is 11.3. The van der Waals surface area contributed by atoms with Gasteiger partial charge in [0, 0.05) is 16.8 Å². The zero-order valence-corrected chi connectivity index (χ0v) is 17.6. The summed E-state index contributed by atoms with van der Waals surface area (Å²) < 4.78 is 27.5. The molecule has 2 aromatic carbocycles. The molecule has 0 saturated heterocycles. The zero-order chi connectivity index (χ0) is 21.0. The number of aromatic nitrogens is 2. The Kier molecular flexibility index (Phi) is 6.24. The molecule has 0 spiro atoms. The van der Waals surface area contributed by atoms with E-state index < -0.39 is 10.0 Å². The second-order valence-corrected chi connectivity index (χ2v) is 8.88. The zero-order valence-electron chi connectivity index (χ0n) is 16.0. The van der Waals surface area contributed by atoms with Gasteiger partial charge in [0.2, 0.25) is 10.0 Å². The van der Waals surface area contributed by atoms with Crippen molar-refractivity contribution in [2.75, 3.05) is 10.6 Å². The molecule has 0 aliphatic rings. The number of amides is 1. The fourth-order valence-corrected chi connectivity index (χ4v) is 3.84. The lowest BCUT2D eigenvalue weighted by Gasteiger charge is -2.23. The van der Waals surface area contributed by atoms with Gasteiger partial charge in [-0.2, -0.15) is 5.10 Å².